The molecule has 3 nitrogen and oxygen atoms in total. The van der Waals surface area contributed by atoms with Gasteiger partial charge in [0.2, 0.25) is 8.32 Å². The molecular weight excluding hydrogens is 268 g/mol. The summed E-state index contributed by atoms with van der Waals surface area (Å²) in [4.78, 5) is 11.9. The van der Waals surface area contributed by atoms with Gasteiger partial charge in [-0.05, 0) is 43.6 Å². The topological polar surface area (TPSA) is 35.5 Å². The predicted molar refractivity (Wildman–Crippen MR) is 85.1 cm³/mol. The van der Waals surface area contributed by atoms with Gasteiger partial charge in [-0.15, -0.1) is 0 Å². The van der Waals surface area contributed by atoms with E-state index >= 15 is 0 Å². The van der Waals surface area contributed by atoms with E-state index in [4.69, 9.17) is 9.16 Å². The molecule has 112 valence electrons. The van der Waals surface area contributed by atoms with E-state index < -0.39 is 8.32 Å². The Morgan fingerprint density at radius 3 is 2.15 bits per heavy atom. The number of methoxy groups -OCH3 is 1. The zero-order valence-electron chi connectivity index (χ0n) is 13.9. The van der Waals surface area contributed by atoms with Gasteiger partial charge < -0.3 is 9.16 Å². The SMILES string of the molecule is COC(=O)c1c(C)ccc(O[Si](C)(C)C(C)(C)C)c1C. The van der Waals surface area contributed by atoms with Crippen LogP contribution in [0, 0.1) is 13.8 Å². The van der Waals surface area contributed by atoms with Crippen molar-refractivity contribution in [2.45, 2.75) is 52.8 Å². The number of benzene rings is 1. The summed E-state index contributed by atoms with van der Waals surface area (Å²) in [5.74, 6) is 0.489. The minimum Gasteiger partial charge on any atom is -0.543 e. The van der Waals surface area contributed by atoms with Gasteiger partial charge in [0, 0.05) is 5.56 Å². The molecule has 1 aromatic rings. The van der Waals surface area contributed by atoms with E-state index in [9.17, 15) is 4.79 Å². The molecule has 0 saturated heterocycles. The van der Waals surface area contributed by atoms with Gasteiger partial charge in [0.05, 0.1) is 12.7 Å². The fourth-order valence-corrected chi connectivity index (χ4v) is 2.86. The van der Waals surface area contributed by atoms with Crippen LogP contribution in [0.5, 0.6) is 5.75 Å². The van der Waals surface area contributed by atoms with E-state index in [1.165, 1.54) is 7.11 Å². The summed E-state index contributed by atoms with van der Waals surface area (Å²) >= 11 is 0. The van der Waals surface area contributed by atoms with Crippen LogP contribution in [0.25, 0.3) is 0 Å². The van der Waals surface area contributed by atoms with Crippen LogP contribution in [0.2, 0.25) is 18.1 Å². The summed E-state index contributed by atoms with van der Waals surface area (Å²) in [6.07, 6.45) is 0. The summed E-state index contributed by atoms with van der Waals surface area (Å²) in [7, 11) is -0.509. The number of carbonyl (C=O) groups excluding carboxylic acids is 1. The predicted octanol–water partition coefficient (Wildman–Crippen LogP) is 4.47. The molecule has 0 N–H and O–H groups in total. The number of esters is 1. The third-order valence-electron chi connectivity index (χ3n) is 4.18. The molecule has 0 radical (unpaired) electrons. The smallest absolute Gasteiger partial charge is 0.338 e. The molecule has 0 aromatic heterocycles. The second-order valence-corrected chi connectivity index (χ2v) is 11.5. The summed E-state index contributed by atoms with van der Waals surface area (Å²) in [5, 5.41) is 0.121. The summed E-state index contributed by atoms with van der Waals surface area (Å²) in [6, 6.07) is 3.87. The zero-order valence-corrected chi connectivity index (χ0v) is 14.9. The second-order valence-electron chi connectivity index (χ2n) is 6.73. The normalized spacial score (nSPS) is 12.2. The first-order valence-corrected chi connectivity index (χ1v) is 9.79. The average Bonchev–Trinajstić information content (AvgIpc) is 2.31. The largest absolute Gasteiger partial charge is 0.543 e. The molecule has 1 rings (SSSR count). The Balaban J connectivity index is 3.26. The number of ether oxygens (including phenoxy) is 1. The lowest BCUT2D eigenvalue weighted by Crippen LogP contribution is -2.44. The van der Waals surface area contributed by atoms with Gasteiger partial charge in [0.15, 0.2) is 0 Å². The van der Waals surface area contributed by atoms with Gasteiger partial charge in [-0.1, -0.05) is 26.8 Å². The van der Waals surface area contributed by atoms with Crippen LogP contribution >= 0.6 is 0 Å². The molecule has 0 unspecified atom stereocenters. The third-order valence-corrected chi connectivity index (χ3v) is 8.53. The van der Waals surface area contributed by atoms with E-state index in [0.717, 1.165) is 16.9 Å². The molecule has 0 aliphatic rings. The van der Waals surface area contributed by atoms with Crippen molar-refractivity contribution in [2.24, 2.45) is 0 Å². The van der Waals surface area contributed by atoms with Gasteiger partial charge in [-0.3, -0.25) is 0 Å². The molecule has 0 aliphatic heterocycles. The van der Waals surface area contributed by atoms with Gasteiger partial charge in [0.25, 0.3) is 0 Å². The third kappa shape index (κ3) is 3.23. The minimum atomic E-state index is -1.91. The van der Waals surface area contributed by atoms with Gasteiger partial charge in [-0.2, -0.15) is 0 Å². The van der Waals surface area contributed by atoms with Crippen molar-refractivity contribution in [1.29, 1.82) is 0 Å². The van der Waals surface area contributed by atoms with Crippen LogP contribution in [-0.2, 0) is 4.74 Å². The molecule has 1 aromatic carbocycles. The van der Waals surface area contributed by atoms with E-state index in [1.807, 2.05) is 26.0 Å². The summed E-state index contributed by atoms with van der Waals surface area (Å²) in [5.41, 5.74) is 2.39. The van der Waals surface area contributed by atoms with Gasteiger partial charge in [0.1, 0.15) is 5.75 Å². The molecule has 0 heterocycles. The lowest BCUT2D eigenvalue weighted by atomic mass is 10.0. The lowest BCUT2D eigenvalue weighted by Gasteiger charge is -2.37. The molecule has 0 bridgehead atoms. The zero-order chi connectivity index (χ0) is 15.7. The van der Waals surface area contributed by atoms with Crippen molar-refractivity contribution in [2.75, 3.05) is 7.11 Å². The van der Waals surface area contributed by atoms with Crippen molar-refractivity contribution in [3.8, 4) is 5.75 Å². The van der Waals surface area contributed by atoms with E-state index in [2.05, 4.69) is 33.9 Å². The highest BCUT2D eigenvalue weighted by molar-refractivity contribution is 6.74. The first-order chi connectivity index (χ1) is 9.01. The number of rotatable bonds is 3. The molecule has 0 fully saturated rings. The van der Waals surface area contributed by atoms with Crippen molar-refractivity contribution in [3.63, 3.8) is 0 Å². The van der Waals surface area contributed by atoms with Crippen LogP contribution in [-0.4, -0.2) is 21.4 Å². The standard InChI is InChI=1S/C16H26O3Si/c1-11-9-10-13(12(2)14(11)15(17)18-6)19-20(7,8)16(3,4)5/h9-10H,1-8H3. The molecule has 20 heavy (non-hydrogen) atoms. The Hall–Kier alpha value is -1.29. The van der Waals surface area contributed by atoms with Gasteiger partial charge >= 0.3 is 5.97 Å². The molecule has 0 atom stereocenters. The van der Waals surface area contributed by atoms with E-state index in [1.54, 1.807) is 0 Å². The number of hydrogen-bond donors (Lipinski definition) is 0. The quantitative estimate of drug-likeness (QED) is 0.609. The van der Waals surface area contributed by atoms with Crippen molar-refractivity contribution >= 4 is 14.3 Å². The lowest BCUT2D eigenvalue weighted by molar-refractivity contribution is 0.0598. The molecule has 4 heteroatoms. The Labute approximate surface area is 123 Å². The number of hydrogen-bond acceptors (Lipinski definition) is 3. The van der Waals surface area contributed by atoms with Crippen LogP contribution in [0.4, 0.5) is 0 Å². The number of aryl methyl sites for hydroxylation is 1. The Kier molecular flexibility index (Phi) is 4.69. The Morgan fingerprint density at radius 1 is 1.15 bits per heavy atom. The summed E-state index contributed by atoms with van der Waals surface area (Å²) < 4.78 is 11.2. The van der Waals surface area contributed by atoms with Crippen molar-refractivity contribution in [1.82, 2.24) is 0 Å². The fourth-order valence-electron chi connectivity index (χ4n) is 1.78. The van der Waals surface area contributed by atoms with Crippen molar-refractivity contribution < 1.29 is 14.0 Å². The van der Waals surface area contributed by atoms with Crippen molar-refractivity contribution in [3.05, 3.63) is 28.8 Å². The maximum Gasteiger partial charge on any atom is 0.338 e. The maximum absolute atomic E-state index is 11.9. The first kappa shape index (κ1) is 16.8. The van der Waals surface area contributed by atoms with Gasteiger partial charge in [-0.25, -0.2) is 4.79 Å². The Morgan fingerprint density at radius 2 is 1.70 bits per heavy atom. The van der Waals surface area contributed by atoms with Crippen LogP contribution in [0.1, 0.15) is 42.3 Å². The Bertz CT molecular complexity index is 513. The van der Waals surface area contributed by atoms with Crippen LogP contribution in [0.3, 0.4) is 0 Å². The average molecular weight is 294 g/mol. The van der Waals surface area contributed by atoms with Crippen LogP contribution in [0.15, 0.2) is 12.1 Å². The molecule has 0 saturated carbocycles. The molecule has 0 amide bonds. The molecule has 0 spiro atoms. The number of carbonyl (C=O) groups is 1. The first-order valence-electron chi connectivity index (χ1n) is 6.89. The van der Waals surface area contributed by atoms with Crippen LogP contribution < -0.4 is 4.43 Å². The second kappa shape index (κ2) is 5.60. The molecular formula is C16H26O3Si. The molecule has 0 aliphatic carbocycles. The monoisotopic (exact) mass is 294 g/mol. The highest BCUT2D eigenvalue weighted by Crippen LogP contribution is 2.38. The highest BCUT2D eigenvalue weighted by atomic mass is 28.4. The summed E-state index contributed by atoms with van der Waals surface area (Å²) in [6.45, 7) is 14.8. The van der Waals surface area contributed by atoms with E-state index in [0.29, 0.717) is 5.56 Å². The highest BCUT2D eigenvalue weighted by Gasteiger charge is 2.39. The fraction of sp³-hybridized carbons (Fsp3) is 0.562. The minimum absolute atomic E-state index is 0.121. The van der Waals surface area contributed by atoms with E-state index in [-0.39, 0.29) is 11.0 Å². The maximum atomic E-state index is 11.9.